The highest BCUT2D eigenvalue weighted by molar-refractivity contribution is 7.98. The minimum Gasteiger partial charge on any atom is -0.486 e. The van der Waals surface area contributed by atoms with Crippen LogP contribution in [0, 0.1) is 0 Å². The summed E-state index contributed by atoms with van der Waals surface area (Å²) < 4.78 is 11.6. The normalized spacial score (nSPS) is 15.0. The molecule has 7 heteroatoms. The lowest BCUT2D eigenvalue weighted by atomic mass is 10.1. The van der Waals surface area contributed by atoms with Gasteiger partial charge in [-0.15, -0.1) is 0 Å². The molecule has 0 aliphatic carbocycles. The number of thioether (sulfide) groups is 1. The minimum atomic E-state index is -0.226. The summed E-state index contributed by atoms with van der Waals surface area (Å²) >= 11 is 1.58. The highest BCUT2D eigenvalue weighted by Crippen LogP contribution is 2.30. The third-order valence-electron chi connectivity index (χ3n) is 5.05. The summed E-state index contributed by atoms with van der Waals surface area (Å²) in [5.41, 5.74) is 3.56. The van der Waals surface area contributed by atoms with Crippen LogP contribution in [0.5, 0.6) is 11.5 Å². The van der Waals surface area contributed by atoms with Crippen LogP contribution in [0.4, 0.5) is 0 Å². The number of imidazole rings is 1. The molecule has 31 heavy (non-hydrogen) atoms. The van der Waals surface area contributed by atoms with Crippen molar-refractivity contribution in [1.82, 2.24) is 15.3 Å². The second-order valence-electron chi connectivity index (χ2n) is 7.21. The van der Waals surface area contributed by atoms with Gasteiger partial charge in [0.15, 0.2) is 16.7 Å². The van der Waals surface area contributed by atoms with Gasteiger partial charge in [0.1, 0.15) is 12.7 Å². The molecule has 5 rings (SSSR count). The van der Waals surface area contributed by atoms with Crippen LogP contribution in [0.15, 0.2) is 78.0 Å². The van der Waals surface area contributed by atoms with E-state index in [1.165, 1.54) is 0 Å². The number of carbonyl (C=O) groups excluding carboxylic acids is 1. The van der Waals surface area contributed by atoms with E-state index >= 15 is 0 Å². The smallest absolute Gasteiger partial charge is 0.251 e. The van der Waals surface area contributed by atoms with Gasteiger partial charge in [0, 0.05) is 11.3 Å². The maximum absolute atomic E-state index is 12.9. The van der Waals surface area contributed by atoms with E-state index in [4.69, 9.17) is 9.47 Å². The molecule has 6 nitrogen and oxygen atoms in total. The fraction of sp³-hybridized carbons (Fsp3) is 0.167. The third-order valence-corrected chi connectivity index (χ3v) is 5.97. The van der Waals surface area contributed by atoms with Gasteiger partial charge in [0.2, 0.25) is 0 Å². The number of ether oxygens (including phenoxy) is 2. The zero-order chi connectivity index (χ0) is 21.0. The molecule has 3 aromatic carbocycles. The highest BCUT2D eigenvalue weighted by Gasteiger charge is 2.22. The van der Waals surface area contributed by atoms with Gasteiger partial charge >= 0.3 is 0 Å². The molecule has 1 aromatic heterocycles. The van der Waals surface area contributed by atoms with Crippen molar-refractivity contribution in [2.45, 2.75) is 17.0 Å². The van der Waals surface area contributed by atoms with Gasteiger partial charge < -0.3 is 19.8 Å². The Bertz CT molecular complexity index is 1190. The third kappa shape index (κ3) is 4.36. The Hall–Kier alpha value is -3.45. The van der Waals surface area contributed by atoms with Crippen LogP contribution in [0.25, 0.3) is 11.0 Å². The Labute approximate surface area is 184 Å². The minimum absolute atomic E-state index is 0.122. The number of amides is 1. The predicted molar refractivity (Wildman–Crippen MR) is 121 cm³/mol. The number of para-hydroxylation sites is 4. The van der Waals surface area contributed by atoms with E-state index in [0.29, 0.717) is 30.2 Å². The van der Waals surface area contributed by atoms with E-state index in [9.17, 15) is 4.79 Å². The maximum Gasteiger partial charge on any atom is 0.251 e. The average Bonchev–Trinajstić information content (AvgIpc) is 3.24. The van der Waals surface area contributed by atoms with Crippen molar-refractivity contribution in [1.29, 1.82) is 0 Å². The van der Waals surface area contributed by atoms with Crippen LogP contribution in [0.2, 0.25) is 0 Å². The number of nitrogens with one attached hydrogen (secondary N) is 2. The van der Waals surface area contributed by atoms with E-state index in [1.807, 2.05) is 72.8 Å². The zero-order valence-electron chi connectivity index (χ0n) is 16.7. The second kappa shape index (κ2) is 8.73. The summed E-state index contributed by atoms with van der Waals surface area (Å²) in [6.07, 6.45) is -0.226. The van der Waals surface area contributed by atoms with Crippen LogP contribution in [-0.4, -0.2) is 35.1 Å². The van der Waals surface area contributed by atoms with Crippen molar-refractivity contribution in [3.63, 3.8) is 0 Å². The Morgan fingerprint density at radius 1 is 1.03 bits per heavy atom. The summed E-state index contributed by atoms with van der Waals surface area (Å²) in [7, 11) is 0. The number of hydrogen-bond acceptors (Lipinski definition) is 5. The molecule has 1 aliphatic rings. The van der Waals surface area contributed by atoms with E-state index in [2.05, 4.69) is 15.3 Å². The number of benzene rings is 3. The molecule has 0 fully saturated rings. The number of nitrogens with zero attached hydrogens (tertiary/aromatic N) is 1. The van der Waals surface area contributed by atoms with Crippen molar-refractivity contribution >= 4 is 28.7 Å². The summed E-state index contributed by atoms with van der Waals surface area (Å²) in [4.78, 5) is 20.8. The molecule has 4 aromatic rings. The van der Waals surface area contributed by atoms with Gasteiger partial charge in [-0.05, 0) is 35.9 Å². The molecule has 0 saturated carbocycles. The molecule has 0 radical (unpaired) electrons. The van der Waals surface area contributed by atoms with Crippen LogP contribution in [-0.2, 0) is 5.75 Å². The molecule has 2 heterocycles. The summed E-state index contributed by atoms with van der Waals surface area (Å²) in [5, 5.41) is 3.82. The second-order valence-corrected chi connectivity index (χ2v) is 8.18. The predicted octanol–water partition coefficient (Wildman–Crippen LogP) is 4.43. The zero-order valence-corrected chi connectivity index (χ0v) is 17.5. The SMILES string of the molecule is O=C(NC[C@H]1COc2ccccc2O1)c1ccccc1CSc1nc2ccccc2[nH]1. The Morgan fingerprint density at radius 3 is 2.71 bits per heavy atom. The molecule has 0 unspecified atom stereocenters. The average molecular weight is 432 g/mol. The van der Waals surface area contributed by atoms with Crippen molar-refractivity contribution in [2.24, 2.45) is 0 Å². The van der Waals surface area contributed by atoms with Gasteiger partial charge in [0.25, 0.3) is 5.91 Å². The van der Waals surface area contributed by atoms with Crippen molar-refractivity contribution in [2.75, 3.05) is 13.2 Å². The lowest BCUT2D eigenvalue weighted by Gasteiger charge is -2.26. The molecule has 1 atom stereocenters. The largest absolute Gasteiger partial charge is 0.486 e. The summed E-state index contributed by atoms with van der Waals surface area (Å²) in [6, 6.07) is 23.1. The van der Waals surface area contributed by atoms with Crippen LogP contribution >= 0.6 is 11.8 Å². The molecular formula is C24H21N3O3S. The van der Waals surface area contributed by atoms with Gasteiger partial charge in [-0.2, -0.15) is 0 Å². The van der Waals surface area contributed by atoms with Gasteiger partial charge in [-0.3, -0.25) is 4.79 Å². The number of hydrogen-bond donors (Lipinski definition) is 2. The molecule has 1 aliphatic heterocycles. The van der Waals surface area contributed by atoms with Gasteiger partial charge in [0.05, 0.1) is 17.6 Å². The standard InChI is InChI=1S/C24H21N3O3S/c28-23(25-13-17-14-29-21-11-5-6-12-22(21)30-17)18-8-2-1-7-16(18)15-31-24-26-19-9-3-4-10-20(19)27-24/h1-12,17H,13-15H2,(H,25,28)(H,26,27)/t17-/m0/s1. The fourth-order valence-electron chi connectivity index (χ4n) is 3.48. The number of rotatable bonds is 6. The van der Waals surface area contributed by atoms with Crippen molar-refractivity contribution in [3.8, 4) is 11.5 Å². The number of carbonyl (C=O) groups is 1. The van der Waals surface area contributed by atoms with Gasteiger partial charge in [-0.1, -0.05) is 54.2 Å². The number of H-pyrrole nitrogens is 1. The monoisotopic (exact) mass is 431 g/mol. The highest BCUT2D eigenvalue weighted by atomic mass is 32.2. The van der Waals surface area contributed by atoms with E-state index in [-0.39, 0.29) is 12.0 Å². The first-order chi connectivity index (χ1) is 15.3. The molecule has 0 bridgehead atoms. The van der Waals surface area contributed by atoms with Crippen LogP contribution in [0.1, 0.15) is 15.9 Å². The topological polar surface area (TPSA) is 76.2 Å². The van der Waals surface area contributed by atoms with Crippen molar-refractivity contribution < 1.29 is 14.3 Å². The van der Waals surface area contributed by atoms with Crippen molar-refractivity contribution in [3.05, 3.63) is 83.9 Å². The quantitative estimate of drug-likeness (QED) is 0.442. The Morgan fingerprint density at radius 2 is 1.81 bits per heavy atom. The fourth-order valence-corrected chi connectivity index (χ4v) is 4.37. The first-order valence-electron chi connectivity index (χ1n) is 10.1. The number of fused-ring (bicyclic) bond motifs is 2. The molecule has 1 amide bonds. The van der Waals surface area contributed by atoms with E-state index < -0.39 is 0 Å². The summed E-state index contributed by atoms with van der Waals surface area (Å²) in [6.45, 7) is 0.777. The first-order valence-corrected chi connectivity index (χ1v) is 11.1. The Balaban J connectivity index is 1.22. The van der Waals surface area contributed by atoms with Crippen LogP contribution in [0.3, 0.4) is 0 Å². The molecule has 0 saturated heterocycles. The Kier molecular flexibility index (Phi) is 5.50. The molecular weight excluding hydrogens is 410 g/mol. The van der Waals surface area contributed by atoms with Gasteiger partial charge in [-0.25, -0.2) is 4.98 Å². The first kappa shape index (κ1) is 19.5. The molecule has 0 spiro atoms. The number of aromatic amines is 1. The van der Waals surface area contributed by atoms with E-state index in [1.54, 1.807) is 11.8 Å². The maximum atomic E-state index is 12.9. The molecule has 156 valence electrons. The number of aromatic nitrogens is 2. The lowest BCUT2D eigenvalue weighted by Crippen LogP contribution is -2.40. The van der Waals surface area contributed by atoms with E-state index in [0.717, 1.165) is 27.5 Å². The lowest BCUT2D eigenvalue weighted by molar-refractivity contribution is 0.0789. The van der Waals surface area contributed by atoms with Crippen LogP contribution < -0.4 is 14.8 Å². The molecule has 2 N–H and O–H groups in total. The summed E-state index contributed by atoms with van der Waals surface area (Å²) in [5.74, 6) is 1.96.